The minimum absolute atomic E-state index is 0.736. The van der Waals surface area contributed by atoms with Gasteiger partial charge in [-0.05, 0) is 6.92 Å². The Morgan fingerprint density at radius 3 is 2.89 bits per heavy atom. The second kappa shape index (κ2) is 4.09. The highest BCUT2D eigenvalue weighted by atomic mass is 32.1. The van der Waals surface area contributed by atoms with Crippen LogP contribution >= 0.6 is 11.3 Å². The van der Waals surface area contributed by atoms with E-state index in [1.165, 1.54) is 0 Å². The summed E-state index contributed by atoms with van der Waals surface area (Å²) in [5, 5.41) is 12.7. The van der Waals surface area contributed by atoms with Crippen molar-refractivity contribution in [1.82, 2.24) is 24.5 Å². The van der Waals surface area contributed by atoms with Gasteiger partial charge in [-0.3, -0.25) is 4.68 Å². The fourth-order valence-electron chi connectivity index (χ4n) is 1.90. The van der Waals surface area contributed by atoms with Crippen LogP contribution in [0.15, 0.2) is 12.4 Å². The fourth-order valence-corrected chi connectivity index (χ4v) is 2.83. The predicted molar refractivity (Wildman–Crippen MR) is 71.7 cm³/mol. The van der Waals surface area contributed by atoms with E-state index in [1.54, 1.807) is 16.0 Å². The maximum Gasteiger partial charge on any atom is 0.185 e. The smallest absolute Gasteiger partial charge is 0.185 e. The molecule has 0 atom stereocenters. The predicted octanol–water partition coefficient (Wildman–Crippen LogP) is 1.68. The summed E-state index contributed by atoms with van der Waals surface area (Å²) in [6.45, 7) is 2.74. The summed E-state index contributed by atoms with van der Waals surface area (Å²) in [4.78, 5) is 4.54. The largest absolute Gasteiger partial charge is 0.357 e. The molecular weight excluding hydrogens is 248 g/mol. The molecule has 94 valence electrons. The van der Waals surface area contributed by atoms with Crippen LogP contribution in [0, 0.1) is 6.92 Å². The molecule has 6 nitrogen and oxygen atoms in total. The molecule has 1 N–H and O–H groups in total. The Morgan fingerprint density at radius 2 is 2.22 bits per heavy atom. The van der Waals surface area contributed by atoms with Crippen LogP contribution in [0.4, 0.5) is 5.13 Å². The Labute approximate surface area is 108 Å². The Kier molecular flexibility index (Phi) is 2.55. The van der Waals surface area contributed by atoms with Gasteiger partial charge < -0.3 is 5.32 Å². The topological polar surface area (TPSA) is 60.6 Å². The molecule has 0 bridgehead atoms. The Balaban J connectivity index is 1.80. The highest BCUT2D eigenvalue weighted by Gasteiger charge is 2.11. The first-order valence-corrected chi connectivity index (χ1v) is 6.46. The van der Waals surface area contributed by atoms with E-state index >= 15 is 0 Å². The number of hydrogen-bond acceptors (Lipinski definition) is 5. The van der Waals surface area contributed by atoms with Crippen LogP contribution in [0.5, 0.6) is 0 Å². The third-order valence-electron chi connectivity index (χ3n) is 2.75. The average molecular weight is 262 g/mol. The van der Waals surface area contributed by atoms with Crippen LogP contribution in [-0.4, -0.2) is 24.5 Å². The summed E-state index contributed by atoms with van der Waals surface area (Å²) in [6, 6.07) is 0. The second-order valence-electron chi connectivity index (χ2n) is 4.26. The molecule has 0 amide bonds. The van der Waals surface area contributed by atoms with Gasteiger partial charge in [0.05, 0.1) is 16.6 Å². The van der Waals surface area contributed by atoms with Crippen molar-refractivity contribution in [3.8, 4) is 0 Å². The summed E-state index contributed by atoms with van der Waals surface area (Å²) in [5.74, 6) is 0. The average Bonchev–Trinajstić information content (AvgIpc) is 2.97. The van der Waals surface area contributed by atoms with Crippen molar-refractivity contribution >= 4 is 26.8 Å². The minimum atomic E-state index is 0.736. The minimum Gasteiger partial charge on any atom is -0.357 e. The van der Waals surface area contributed by atoms with Gasteiger partial charge in [-0.2, -0.15) is 10.2 Å². The first-order valence-electron chi connectivity index (χ1n) is 5.65. The normalized spacial score (nSPS) is 11.3. The molecule has 3 aromatic rings. The van der Waals surface area contributed by atoms with Crippen molar-refractivity contribution in [3.63, 3.8) is 0 Å². The van der Waals surface area contributed by atoms with Gasteiger partial charge in [-0.15, -0.1) is 0 Å². The highest BCUT2D eigenvalue weighted by molar-refractivity contribution is 7.22. The van der Waals surface area contributed by atoms with Crippen LogP contribution < -0.4 is 5.32 Å². The molecule has 3 rings (SSSR count). The molecule has 7 heteroatoms. The van der Waals surface area contributed by atoms with Gasteiger partial charge in [-0.25, -0.2) is 9.67 Å². The molecular formula is C11H14N6S. The van der Waals surface area contributed by atoms with E-state index in [9.17, 15) is 0 Å². The number of thiazole rings is 1. The second-order valence-corrected chi connectivity index (χ2v) is 5.26. The monoisotopic (exact) mass is 262 g/mol. The van der Waals surface area contributed by atoms with Crippen molar-refractivity contribution in [2.75, 3.05) is 5.32 Å². The van der Waals surface area contributed by atoms with Gasteiger partial charge in [0.2, 0.25) is 0 Å². The Bertz CT molecular complexity index is 657. The zero-order valence-electron chi connectivity index (χ0n) is 10.5. The number of fused-ring (bicyclic) bond motifs is 1. The van der Waals surface area contributed by atoms with Gasteiger partial charge >= 0.3 is 0 Å². The lowest BCUT2D eigenvalue weighted by Crippen LogP contribution is -1.98. The van der Waals surface area contributed by atoms with E-state index < -0.39 is 0 Å². The van der Waals surface area contributed by atoms with E-state index in [0.717, 1.165) is 33.3 Å². The summed E-state index contributed by atoms with van der Waals surface area (Å²) < 4.78 is 4.76. The summed E-state index contributed by atoms with van der Waals surface area (Å²) >= 11 is 1.64. The third kappa shape index (κ3) is 1.86. The number of nitrogens with zero attached hydrogens (tertiary/aromatic N) is 5. The lowest BCUT2D eigenvalue weighted by molar-refractivity contribution is 0.767. The zero-order valence-corrected chi connectivity index (χ0v) is 11.3. The number of anilines is 1. The van der Waals surface area contributed by atoms with Gasteiger partial charge in [0, 0.05) is 32.4 Å². The molecule has 3 heterocycles. The van der Waals surface area contributed by atoms with E-state index in [-0.39, 0.29) is 0 Å². The molecule has 0 fully saturated rings. The van der Waals surface area contributed by atoms with Crippen LogP contribution in [0.1, 0.15) is 11.3 Å². The van der Waals surface area contributed by atoms with Gasteiger partial charge in [0.15, 0.2) is 10.8 Å². The molecule has 0 aliphatic carbocycles. The zero-order chi connectivity index (χ0) is 12.7. The van der Waals surface area contributed by atoms with Crippen LogP contribution in [0.3, 0.4) is 0 Å². The number of aryl methyl sites for hydroxylation is 3. The first-order chi connectivity index (χ1) is 8.63. The summed E-state index contributed by atoms with van der Waals surface area (Å²) in [6.07, 6.45) is 3.85. The van der Waals surface area contributed by atoms with E-state index in [2.05, 4.69) is 20.5 Å². The van der Waals surface area contributed by atoms with Gasteiger partial charge in [0.25, 0.3) is 0 Å². The molecule has 0 aromatic carbocycles. The molecule has 0 aliphatic rings. The Morgan fingerprint density at radius 1 is 1.39 bits per heavy atom. The van der Waals surface area contributed by atoms with E-state index in [0.29, 0.717) is 0 Å². The highest BCUT2D eigenvalue weighted by Crippen LogP contribution is 2.28. The van der Waals surface area contributed by atoms with Crippen molar-refractivity contribution < 1.29 is 0 Å². The lowest BCUT2D eigenvalue weighted by Gasteiger charge is -1.98. The van der Waals surface area contributed by atoms with Crippen LogP contribution in [0.25, 0.3) is 10.3 Å². The molecule has 0 saturated heterocycles. The summed E-state index contributed by atoms with van der Waals surface area (Å²) in [5.41, 5.74) is 3.11. The SMILES string of the molecule is Cc1nn(C)c2nc(NCc3cnn(C)c3)sc12. The molecule has 0 spiro atoms. The molecule has 18 heavy (non-hydrogen) atoms. The van der Waals surface area contributed by atoms with E-state index in [1.807, 2.05) is 38.1 Å². The van der Waals surface area contributed by atoms with Crippen LogP contribution in [0.2, 0.25) is 0 Å². The molecule has 3 aromatic heterocycles. The van der Waals surface area contributed by atoms with Gasteiger partial charge in [0.1, 0.15) is 0 Å². The van der Waals surface area contributed by atoms with Crippen LogP contribution in [-0.2, 0) is 20.6 Å². The Hall–Kier alpha value is -1.89. The number of nitrogens with one attached hydrogen (secondary N) is 1. The molecule has 0 aliphatic heterocycles. The number of hydrogen-bond donors (Lipinski definition) is 1. The lowest BCUT2D eigenvalue weighted by atomic mass is 10.4. The maximum atomic E-state index is 4.54. The van der Waals surface area contributed by atoms with Crippen molar-refractivity contribution in [2.45, 2.75) is 13.5 Å². The number of aromatic nitrogens is 5. The maximum absolute atomic E-state index is 4.54. The van der Waals surface area contributed by atoms with Crippen molar-refractivity contribution in [2.24, 2.45) is 14.1 Å². The third-order valence-corrected chi connectivity index (χ3v) is 3.86. The fraction of sp³-hybridized carbons (Fsp3) is 0.364. The molecule has 0 unspecified atom stereocenters. The summed E-state index contributed by atoms with van der Waals surface area (Å²) in [7, 11) is 3.83. The van der Waals surface area contributed by atoms with Crippen molar-refractivity contribution in [3.05, 3.63) is 23.7 Å². The number of rotatable bonds is 3. The molecule has 0 radical (unpaired) electrons. The quantitative estimate of drug-likeness (QED) is 0.780. The molecule has 0 saturated carbocycles. The standard InChI is InChI=1S/C11H14N6S/c1-7-9-10(17(3)15-7)14-11(18-9)12-4-8-5-13-16(2)6-8/h5-6H,4H2,1-3H3,(H,12,14). The van der Waals surface area contributed by atoms with Gasteiger partial charge in [-0.1, -0.05) is 11.3 Å². The first kappa shape index (κ1) is 11.2. The van der Waals surface area contributed by atoms with E-state index in [4.69, 9.17) is 0 Å². The van der Waals surface area contributed by atoms with Crippen molar-refractivity contribution in [1.29, 1.82) is 0 Å².